The molecule has 9 heavy (non-hydrogen) atoms. The van der Waals surface area contributed by atoms with E-state index in [0.29, 0.717) is 0 Å². The van der Waals surface area contributed by atoms with Crippen LogP contribution in [0, 0.1) is 10.2 Å². The molecule has 0 heterocycles. The molecule has 0 aliphatic carbocycles. The summed E-state index contributed by atoms with van der Waals surface area (Å²) in [6.45, 7) is 3.47. The summed E-state index contributed by atoms with van der Waals surface area (Å²) in [6, 6.07) is 0. The van der Waals surface area contributed by atoms with Crippen LogP contribution in [0.2, 0.25) is 0 Å². The van der Waals surface area contributed by atoms with Gasteiger partial charge in [0, 0.05) is 0 Å². The quantitative estimate of drug-likeness (QED) is 0.260. The number of rotatable bonds is 0. The lowest BCUT2D eigenvalue weighted by atomic mass is 11.1. The van der Waals surface area contributed by atoms with E-state index >= 15 is 0 Å². The van der Waals surface area contributed by atoms with Crippen LogP contribution in [0.15, 0.2) is 0 Å². The second kappa shape index (κ2) is 4.66. The average Bonchev–Trinajstić information content (AvgIpc) is 1.19. The van der Waals surface area contributed by atoms with Crippen molar-refractivity contribution in [2.45, 2.75) is 0 Å². The molecule has 0 radical (unpaired) electrons. The summed E-state index contributed by atoms with van der Waals surface area (Å²) in [4.78, 5) is 0. The van der Waals surface area contributed by atoms with Gasteiger partial charge in [-0.15, -0.1) is 10.2 Å². The maximum atomic E-state index is 8.49. The molecular weight excluding hydrogens is 149 g/mol. The van der Waals surface area contributed by atoms with Gasteiger partial charge in [0.05, 0.1) is 0 Å². The van der Waals surface area contributed by atoms with Crippen molar-refractivity contribution in [2.24, 2.45) is 0 Å². The molecule has 6 heteroatoms. The van der Waals surface area contributed by atoms with Crippen LogP contribution in [0.1, 0.15) is 0 Å². The fourth-order valence-corrected chi connectivity index (χ4v) is 0. The largest absolute Gasteiger partial charge is 0.248 e. The summed E-state index contributed by atoms with van der Waals surface area (Å²) in [7, 11) is -1.17. The molecule has 0 aromatic rings. The molecule has 0 bridgehead atoms. The molecule has 0 aromatic heterocycles. The molecule has 0 rings (SSSR count). The van der Waals surface area contributed by atoms with Gasteiger partial charge in [0.1, 0.15) is 20.8 Å². The van der Waals surface area contributed by atoms with Crippen molar-refractivity contribution >= 4 is 6.72 Å². The van der Waals surface area contributed by atoms with E-state index in [2.05, 4.69) is 6.72 Å². The van der Waals surface area contributed by atoms with Gasteiger partial charge in [-0.25, -0.2) is 23.2 Å². The van der Waals surface area contributed by atoms with Gasteiger partial charge < -0.3 is 0 Å². The van der Waals surface area contributed by atoms with Gasteiger partial charge in [0.25, 0.3) is 0 Å². The minimum atomic E-state index is -4.94. The molecule has 0 atom stereocenters. The second-order valence-corrected chi connectivity index (χ2v) is 2.21. The Bertz CT molecular complexity index is 78.3. The molecule has 0 saturated carbocycles. The van der Waals surface area contributed by atoms with Crippen molar-refractivity contribution in [2.75, 3.05) is 14.1 Å². The van der Waals surface area contributed by atoms with E-state index in [1.807, 2.05) is 14.1 Å². The van der Waals surface area contributed by atoms with E-state index in [4.69, 9.17) is 18.6 Å². The third-order valence-electron chi connectivity index (χ3n) is 0. The first-order valence-corrected chi connectivity index (χ1v) is 3.06. The highest BCUT2D eigenvalue weighted by atomic mass is 35.7. The molecule has 0 aliphatic heterocycles. The predicted octanol–water partition coefficient (Wildman–Crippen LogP) is -4.80. The fraction of sp³-hybridized carbons (Fsp3) is 0.667. The van der Waals surface area contributed by atoms with Gasteiger partial charge in [0.15, 0.2) is 0 Å². The van der Waals surface area contributed by atoms with Gasteiger partial charge in [-0.3, -0.25) is 0 Å². The summed E-state index contributed by atoms with van der Waals surface area (Å²) in [5.41, 5.74) is 0. The van der Waals surface area contributed by atoms with Crippen LogP contribution in [-0.2, 0) is 0 Å². The highest BCUT2D eigenvalue weighted by Gasteiger charge is 1.84. The van der Waals surface area contributed by atoms with E-state index < -0.39 is 10.2 Å². The zero-order chi connectivity index (χ0) is 8.08. The third kappa shape index (κ3) is 6560. The highest BCUT2D eigenvalue weighted by molar-refractivity contribution is 5.13. The Kier molecular flexibility index (Phi) is 5.99. The molecule has 0 aliphatic rings. The van der Waals surface area contributed by atoms with Crippen molar-refractivity contribution in [3.05, 3.63) is 0 Å². The Morgan fingerprint density at radius 2 is 1.11 bits per heavy atom. The van der Waals surface area contributed by atoms with E-state index in [1.165, 1.54) is 0 Å². The summed E-state index contributed by atoms with van der Waals surface area (Å²) in [6.07, 6.45) is 0. The Hall–Kier alpha value is -0.200. The lowest BCUT2D eigenvalue weighted by molar-refractivity contribution is -2.00. The van der Waals surface area contributed by atoms with Gasteiger partial charge in [-0.1, -0.05) is 0 Å². The normalized spacial score (nSPS) is 9.56. The maximum absolute atomic E-state index is 8.49. The summed E-state index contributed by atoms with van der Waals surface area (Å²) >= 11 is 0. The standard InChI is InChI=1S/C3H8N.ClHO4/c1-4(2)3;2-1(3,4)5/h1H2,2-3H3;(H,2,3,4,5)/q+1;/p-1. The summed E-state index contributed by atoms with van der Waals surface area (Å²) < 4.78 is 35.7. The van der Waals surface area contributed by atoms with Crippen LogP contribution in [0.3, 0.4) is 0 Å². The molecule has 0 aromatic carbocycles. The zero-order valence-corrected chi connectivity index (χ0v) is 5.92. The maximum Gasteiger partial charge on any atom is 0.131 e. The van der Waals surface area contributed by atoms with Crippen molar-refractivity contribution in [3.63, 3.8) is 0 Å². The van der Waals surface area contributed by atoms with E-state index in [1.54, 1.807) is 4.58 Å². The molecule has 0 spiro atoms. The zero-order valence-electron chi connectivity index (χ0n) is 5.17. The van der Waals surface area contributed by atoms with Crippen LogP contribution < -0.4 is 18.6 Å². The van der Waals surface area contributed by atoms with Crippen LogP contribution in [-0.4, -0.2) is 25.4 Å². The van der Waals surface area contributed by atoms with Crippen molar-refractivity contribution in [1.29, 1.82) is 0 Å². The number of nitrogens with zero attached hydrogens (tertiary/aromatic N) is 1. The Labute approximate surface area is 55.2 Å². The second-order valence-electron chi connectivity index (χ2n) is 1.46. The first kappa shape index (κ1) is 11.6. The highest BCUT2D eigenvalue weighted by Crippen LogP contribution is 1.49. The van der Waals surface area contributed by atoms with Gasteiger partial charge in [-0.2, -0.15) is 0 Å². The van der Waals surface area contributed by atoms with Crippen LogP contribution >= 0.6 is 0 Å². The Morgan fingerprint density at radius 3 is 1.11 bits per heavy atom. The minimum Gasteiger partial charge on any atom is -0.248 e. The summed E-state index contributed by atoms with van der Waals surface area (Å²) in [5, 5.41) is 0. The van der Waals surface area contributed by atoms with Crippen LogP contribution in [0.25, 0.3) is 0 Å². The van der Waals surface area contributed by atoms with Crippen LogP contribution in [0.5, 0.6) is 0 Å². The van der Waals surface area contributed by atoms with Crippen molar-refractivity contribution in [1.82, 2.24) is 0 Å². The third-order valence-corrected chi connectivity index (χ3v) is 0. The predicted molar refractivity (Wildman–Crippen MR) is 19.2 cm³/mol. The Morgan fingerprint density at radius 1 is 1.11 bits per heavy atom. The van der Waals surface area contributed by atoms with Crippen LogP contribution in [0.4, 0.5) is 0 Å². The van der Waals surface area contributed by atoms with E-state index in [-0.39, 0.29) is 0 Å². The monoisotopic (exact) mass is 157 g/mol. The topological polar surface area (TPSA) is 95.2 Å². The number of hydrogen-bond acceptors (Lipinski definition) is 4. The van der Waals surface area contributed by atoms with Crippen molar-refractivity contribution in [3.8, 4) is 0 Å². The fourth-order valence-electron chi connectivity index (χ4n) is 0. The van der Waals surface area contributed by atoms with Crippen molar-refractivity contribution < 1.29 is 33.5 Å². The molecule has 0 fully saturated rings. The van der Waals surface area contributed by atoms with Gasteiger partial charge in [-0.05, 0) is 0 Å². The van der Waals surface area contributed by atoms with E-state index in [9.17, 15) is 0 Å². The SMILES string of the molecule is C=[N+](C)C.[O-][Cl+3]([O-])([O-])[O-]. The molecule has 0 saturated heterocycles. The molecule has 56 valence electrons. The van der Waals surface area contributed by atoms with Gasteiger partial charge >= 0.3 is 0 Å². The molecule has 0 N–H and O–H groups in total. The minimum absolute atomic E-state index is 1.75. The Balaban J connectivity index is 0. The number of halogens is 1. The van der Waals surface area contributed by atoms with E-state index in [0.717, 1.165) is 0 Å². The molecule has 5 nitrogen and oxygen atoms in total. The first-order chi connectivity index (χ1) is 3.73. The molecule has 0 unspecified atom stereocenters. The molecule has 0 amide bonds. The lowest BCUT2D eigenvalue weighted by Gasteiger charge is -2.17. The lowest BCUT2D eigenvalue weighted by Crippen LogP contribution is -2.68. The smallest absolute Gasteiger partial charge is 0.131 e. The first-order valence-electron chi connectivity index (χ1n) is 1.83. The average molecular weight is 158 g/mol. The molecular formula is C3H8ClNO4. The summed E-state index contributed by atoms with van der Waals surface area (Å²) in [5.74, 6) is 0. The van der Waals surface area contributed by atoms with Gasteiger partial charge in [0.2, 0.25) is 0 Å². The number of hydrogen-bond donors (Lipinski definition) is 0.